The highest BCUT2D eigenvalue weighted by molar-refractivity contribution is 9.11. The Bertz CT molecular complexity index is 463. The molecule has 0 saturated heterocycles. The van der Waals surface area contributed by atoms with Gasteiger partial charge >= 0.3 is 0 Å². The second-order valence-corrected chi connectivity index (χ2v) is 6.09. The van der Waals surface area contributed by atoms with Crippen molar-refractivity contribution < 1.29 is 12.6 Å². The molecule has 0 aliphatic carbocycles. The fourth-order valence-electron chi connectivity index (χ4n) is 1.04. The molecule has 0 heterocycles. The van der Waals surface area contributed by atoms with Crippen LogP contribution in [0.2, 0.25) is 0 Å². The Balaban J connectivity index is 2.71. The quantitative estimate of drug-likeness (QED) is 0.785. The van der Waals surface area contributed by atoms with Crippen molar-refractivity contribution in [1.29, 1.82) is 0 Å². The first-order valence-electron chi connectivity index (χ1n) is 4.71. The van der Waals surface area contributed by atoms with Crippen molar-refractivity contribution in [3.05, 3.63) is 40.9 Å². The fourth-order valence-corrected chi connectivity index (χ4v) is 2.11. The Morgan fingerprint density at radius 3 is 2.44 bits per heavy atom. The smallest absolute Gasteiger partial charge is 0.266 e. The molecule has 0 radical (unpaired) electrons. The SMILES string of the molecule is C=C(Br)CCOS(=O)(=O)c1ccc(C)cc1. The van der Waals surface area contributed by atoms with Gasteiger partial charge in [-0.2, -0.15) is 8.42 Å². The Kier molecular flexibility index (Phi) is 4.70. The molecule has 16 heavy (non-hydrogen) atoms. The minimum Gasteiger partial charge on any atom is -0.266 e. The van der Waals surface area contributed by atoms with Crippen molar-refractivity contribution in [2.45, 2.75) is 18.2 Å². The maximum Gasteiger partial charge on any atom is 0.296 e. The molecule has 0 saturated carbocycles. The number of hydrogen-bond donors (Lipinski definition) is 0. The molecule has 3 nitrogen and oxygen atoms in total. The Morgan fingerprint density at radius 2 is 1.94 bits per heavy atom. The van der Waals surface area contributed by atoms with Gasteiger partial charge in [0.25, 0.3) is 10.1 Å². The molecular weight excluding hydrogens is 292 g/mol. The highest BCUT2D eigenvalue weighted by Gasteiger charge is 2.14. The first kappa shape index (κ1) is 13.4. The largest absolute Gasteiger partial charge is 0.296 e. The maximum atomic E-state index is 11.7. The van der Waals surface area contributed by atoms with E-state index in [2.05, 4.69) is 22.5 Å². The van der Waals surface area contributed by atoms with E-state index in [1.807, 2.05) is 6.92 Å². The van der Waals surface area contributed by atoms with Gasteiger partial charge in [-0.15, -0.1) is 0 Å². The Morgan fingerprint density at radius 1 is 1.38 bits per heavy atom. The summed E-state index contributed by atoms with van der Waals surface area (Å²) < 4.78 is 28.9. The van der Waals surface area contributed by atoms with E-state index in [4.69, 9.17) is 4.18 Å². The zero-order valence-corrected chi connectivity index (χ0v) is 11.3. The van der Waals surface area contributed by atoms with Gasteiger partial charge in [-0.05, 0) is 23.5 Å². The molecule has 0 fully saturated rings. The third kappa shape index (κ3) is 4.08. The average molecular weight is 305 g/mol. The second-order valence-electron chi connectivity index (χ2n) is 3.36. The molecule has 0 spiro atoms. The summed E-state index contributed by atoms with van der Waals surface area (Å²) in [6.07, 6.45) is 0.463. The molecule has 1 aromatic rings. The Labute approximate surface area is 104 Å². The second kappa shape index (κ2) is 5.61. The lowest BCUT2D eigenvalue weighted by Crippen LogP contribution is -2.07. The van der Waals surface area contributed by atoms with E-state index in [1.165, 1.54) is 12.1 Å². The monoisotopic (exact) mass is 304 g/mol. The van der Waals surface area contributed by atoms with E-state index in [9.17, 15) is 8.42 Å². The van der Waals surface area contributed by atoms with Gasteiger partial charge in [0.1, 0.15) is 0 Å². The van der Waals surface area contributed by atoms with Gasteiger partial charge in [0.15, 0.2) is 0 Å². The third-order valence-corrected chi connectivity index (χ3v) is 3.64. The summed E-state index contributed by atoms with van der Waals surface area (Å²) in [4.78, 5) is 0.179. The van der Waals surface area contributed by atoms with Crippen LogP contribution in [0.1, 0.15) is 12.0 Å². The number of halogens is 1. The lowest BCUT2D eigenvalue weighted by molar-refractivity contribution is 0.324. The first-order valence-corrected chi connectivity index (χ1v) is 6.91. The summed E-state index contributed by atoms with van der Waals surface area (Å²) in [6.45, 7) is 5.59. The molecule has 1 aromatic carbocycles. The normalized spacial score (nSPS) is 11.4. The van der Waals surface area contributed by atoms with Crippen molar-refractivity contribution in [3.8, 4) is 0 Å². The highest BCUT2D eigenvalue weighted by atomic mass is 79.9. The van der Waals surface area contributed by atoms with Gasteiger partial charge < -0.3 is 0 Å². The highest BCUT2D eigenvalue weighted by Crippen LogP contribution is 2.15. The van der Waals surface area contributed by atoms with Crippen LogP contribution in [0.4, 0.5) is 0 Å². The van der Waals surface area contributed by atoms with E-state index in [0.717, 1.165) is 5.56 Å². The minimum atomic E-state index is -3.63. The molecule has 0 amide bonds. The van der Waals surface area contributed by atoms with E-state index < -0.39 is 10.1 Å². The number of rotatable bonds is 5. The van der Waals surface area contributed by atoms with Crippen LogP contribution in [0.15, 0.2) is 40.2 Å². The van der Waals surface area contributed by atoms with Crippen molar-refractivity contribution >= 4 is 26.0 Å². The van der Waals surface area contributed by atoms with Crippen molar-refractivity contribution in [1.82, 2.24) is 0 Å². The summed E-state index contributed by atoms with van der Waals surface area (Å²) in [5.41, 5.74) is 1.01. The van der Waals surface area contributed by atoms with Gasteiger partial charge in [-0.25, -0.2) is 0 Å². The van der Waals surface area contributed by atoms with Crippen LogP contribution in [0.3, 0.4) is 0 Å². The topological polar surface area (TPSA) is 43.4 Å². The van der Waals surface area contributed by atoms with Crippen molar-refractivity contribution in [2.24, 2.45) is 0 Å². The zero-order valence-electron chi connectivity index (χ0n) is 8.94. The van der Waals surface area contributed by atoms with Gasteiger partial charge in [-0.3, -0.25) is 4.18 Å². The molecule has 0 aliphatic heterocycles. The maximum absolute atomic E-state index is 11.7. The molecule has 1 rings (SSSR count). The molecule has 88 valence electrons. The average Bonchev–Trinajstić information content (AvgIpc) is 2.17. The first-order chi connectivity index (χ1) is 7.42. The number of hydrogen-bond acceptors (Lipinski definition) is 3. The summed E-state index contributed by atoms with van der Waals surface area (Å²) in [5, 5.41) is 0. The molecule has 5 heteroatoms. The van der Waals surface area contributed by atoms with E-state index in [1.54, 1.807) is 12.1 Å². The molecule has 0 atom stereocenters. The molecular formula is C11H13BrO3S. The molecule has 0 bridgehead atoms. The number of benzene rings is 1. The van der Waals surface area contributed by atoms with E-state index >= 15 is 0 Å². The van der Waals surface area contributed by atoms with Crippen LogP contribution in [-0.2, 0) is 14.3 Å². The van der Waals surface area contributed by atoms with Gasteiger partial charge in [-0.1, -0.05) is 40.2 Å². The zero-order chi connectivity index (χ0) is 12.2. The third-order valence-electron chi connectivity index (χ3n) is 1.92. The van der Waals surface area contributed by atoms with Crippen molar-refractivity contribution in [3.63, 3.8) is 0 Å². The van der Waals surface area contributed by atoms with E-state index in [0.29, 0.717) is 10.9 Å². The predicted octanol–water partition coefficient (Wildman–Crippen LogP) is 3.00. The molecule has 0 unspecified atom stereocenters. The van der Waals surface area contributed by atoms with Gasteiger partial charge in [0.2, 0.25) is 0 Å². The lowest BCUT2D eigenvalue weighted by atomic mass is 10.2. The standard InChI is InChI=1S/C11H13BrO3S/c1-9-3-5-11(6-4-9)16(13,14)15-8-7-10(2)12/h3-6H,2,7-8H2,1H3. The Hall–Kier alpha value is -0.650. The van der Waals surface area contributed by atoms with E-state index in [-0.39, 0.29) is 11.5 Å². The van der Waals surface area contributed by atoms with Gasteiger partial charge in [0, 0.05) is 6.42 Å². The van der Waals surface area contributed by atoms with Crippen LogP contribution in [0.5, 0.6) is 0 Å². The minimum absolute atomic E-state index is 0.0975. The predicted molar refractivity (Wildman–Crippen MR) is 67.0 cm³/mol. The number of aryl methyl sites for hydroxylation is 1. The summed E-state index contributed by atoms with van der Waals surface area (Å²) in [7, 11) is -3.63. The molecule has 0 N–H and O–H groups in total. The molecule has 0 aliphatic rings. The summed E-state index contributed by atoms with van der Waals surface area (Å²) >= 11 is 3.14. The fraction of sp³-hybridized carbons (Fsp3) is 0.273. The summed E-state index contributed by atoms with van der Waals surface area (Å²) in [6, 6.07) is 6.54. The van der Waals surface area contributed by atoms with Crippen LogP contribution in [0, 0.1) is 6.92 Å². The van der Waals surface area contributed by atoms with Crippen molar-refractivity contribution in [2.75, 3.05) is 6.61 Å². The van der Waals surface area contributed by atoms with Crippen LogP contribution in [-0.4, -0.2) is 15.0 Å². The van der Waals surface area contributed by atoms with Gasteiger partial charge in [0.05, 0.1) is 11.5 Å². The summed E-state index contributed by atoms with van der Waals surface area (Å²) in [5.74, 6) is 0. The van der Waals surface area contributed by atoms with Crippen LogP contribution >= 0.6 is 15.9 Å². The lowest BCUT2D eigenvalue weighted by Gasteiger charge is -2.05. The molecule has 0 aromatic heterocycles. The van der Waals surface area contributed by atoms with Crippen LogP contribution in [0.25, 0.3) is 0 Å². The van der Waals surface area contributed by atoms with Crippen LogP contribution < -0.4 is 0 Å².